The highest BCUT2D eigenvalue weighted by molar-refractivity contribution is 7.16. The molecule has 0 spiro atoms. The minimum atomic E-state index is -0.464. The van der Waals surface area contributed by atoms with Crippen LogP contribution < -0.4 is 5.32 Å². The molecule has 0 radical (unpaired) electrons. The molecule has 1 fully saturated rings. The molecule has 25 heavy (non-hydrogen) atoms. The molecule has 0 bridgehead atoms. The summed E-state index contributed by atoms with van der Waals surface area (Å²) in [7, 11) is 1.30. The van der Waals surface area contributed by atoms with Gasteiger partial charge < -0.3 is 15.0 Å². The number of thiophene rings is 1. The molecule has 2 aromatic rings. The third-order valence-corrected chi connectivity index (χ3v) is 5.06. The van der Waals surface area contributed by atoms with E-state index in [1.54, 1.807) is 36.4 Å². The molecule has 0 unspecified atom stereocenters. The number of ether oxygens (including phenoxy) is 1. The Morgan fingerprint density at radius 3 is 2.28 bits per heavy atom. The van der Waals surface area contributed by atoms with Gasteiger partial charge in [-0.2, -0.15) is 0 Å². The summed E-state index contributed by atoms with van der Waals surface area (Å²) < 4.78 is 4.63. The van der Waals surface area contributed by atoms with Gasteiger partial charge in [0, 0.05) is 24.3 Å². The third-order valence-electron chi connectivity index (χ3n) is 4.00. The standard InChI is InChI=1S/C18H18N2O4S/c1-24-18(23)15-9-8-14(25-15)16(21)19-13-6-4-12(5-7-13)17(22)20-10-2-3-11-20/h4-9H,2-3,10-11H2,1H3,(H,19,21). The molecule has 2 amide bonds. The predicted molar refractivity (Wildman–Crippen MR) is 95.2 cm³/mol. The minimum absolute atomic E-state index is 0.0244. The molecule has 0 atom stereocenters. The van der Waals surface area contributed by atoms with Crippen LogP contribution in [-0.4, -0.2) is 42.9 Å². The number of nitrogens with zero attached hydrogens (tertiary/aromatic N) is 1. The van der Waals surface area contributed by atoms with Crippen molar-refractivity contribution in [2.75, 3.05) is 25.5 Å². The van der Waals surface area contributed by atoms with Crippen LogP contribution in [0.25, 0.3) is 0 Å². The number of anilines is 1. The van der Waals surface area contributed by atoms with Gasteiger partial charge in [0.15, 0.2) is 0 Å². The molecular weight excluding hydrogens is 340 g/mol. The number of esters is 1. The van der Waals surface area contributed by atoms with Crippen molar-refractivity contribution in [1.29, 1.82) is 0 Å². The van der Waals surface area contributed by atoms with Gasteiger partial charge in [-0.05, 0) is 49.2 Å². The first-order chi connectivity index (χ1) is 12.1. The zero-order valence-electron chi connectivity index (χ0n) is 13.8. The number of carbonyl (C=O) groups excluding carboxylic acids is 3. The highest BCUT2D eigenvalue weighted by Crippen LogP contribution is 2.20. The van der Waals surface area contributed by atoms with Crippen LogP contribution in [0.5, 0.6) is 0 Å². The maximum absolute atomic E-state index is 12.3. The fourth-order valence-electron chi connectivity index (χ4n) is 2.66. The molecular formula is C18H18N2O4S. The van der Waals surface area contributed by atoms with E-state index in [0.717, 1.165) is 37.3 Å². The number of methoxy groups -OCH3 is 1. The molecule has 130 valence electrons. The summed E-state index contributed by atoms with van der Waals surface area (Å²) in [5.41, 5.74) is 1.21. The van der Waals surface area contributed by atoms with Crippen LogP contribution in [0.3, 0.4) is 0 Å². The Morgan fingerprint density at radius 1 is 1.00 bits per heavy atom. The van der Waals surface area contributed by atoms with Crippen LogP contribution in [-0.2, 0) is 4.74 Å². The lowest BCUT2D eigenvalue weighted by Crippen LogP contribution is -2.27. The van der Waals surface area contributed by atoms with Crippen molar-refractivity contribution in [2.45, 2.75) is 12.8 Å². The molecule has 0 saturated carbocycles. The van der Waals surface area contributed by atoms with Crippen molar-refractivity contribution in [3.05, 3.63) is 51.7 Å². The maximum atomic E-state index is 12.3. The van der Waals surface area contributed by atoms with Crippen molar-refractivity contribution in [2.24, 2.45) is 0 Å². The highest BCUT2D eigenvalue weighted by atomic mass is 32.1. The fraction of sp³-hybridized carbons (Fsp3) is 0.278. The van der Waals surface area contributed by atoms with Crippen molar-refractivity contribution >= 4 is 34.8 Å². The molecule has 1 aromatic carbocycles. The summed E-state index contributed by atoms with van der Waals surface area (Å²) in [6, 6.07) is 9.97. The Hall–Kier alpha value is -2.67. The maximum Gasteiger partial charge on any atom is 0.348 e. The minimum Gasteiger partial charge on any atom is -0.465 e. The highest BCUT2D eigenvalue weighted by Gasteiger charge is 2.19. The monoisotopic (exact) mass is 358 g/mol. The van der Waals surface area contributed by atoms with Crippen LogP contribution >= 0.6 is 11.3 Å². The van der Waals surface area contributed by atoms with Gasteiger partial charge in [0.05, 0.1) is 12.0 Å². The number of benzene rings is 1. The van der Waals surface area contributed by atoms with Gasteiger partial charge in [-0.25, -0.2) is 4.79 Å². The zero-order chi connectivity index (χ0) is 17.8. The molecule has 3 rings (SSSR count). The van der Waals surface area contributed by atoms with E-state index in [2.05, 4.69) is 10.1 Å². The number of hydrogen-bond donors (Lipinski definition) is 1. The summed E-state index contributed by atoms with van der Waals surface area (Å²) in [5, 5.41) is 2.76. The van der Waals surface area contributed by atoms with Crippen molar-refractivity contribution in [3.63, 3.8) is 0 Å². The van der Waals surface area contributed by atoms with E-state index in [1.807, 2.05) is 4.90 Å². The first-order valence-electron chi connectivity index (χ1n) is 7.97. The smallest absolute Gasteiger partial charge is 0.348 e. The van der Waals surface area contributed by atoms with Crippen LogP contribution in [0.2, 0.25) is 0 Å². The topological polar surface area (TPSA) is 75.7 Å². The van der Waals surface area contributed by atoms with E-state index in [-0.39, 0.29) is 11.8 Å². The third kappa shape index (κ3) is 3.88. The van der Waals surface area contributed by atoms with E-state index in [9.17, 15) is 14.4 Å². The molecule has 0 aliphatic carbocycles. The number of rotatable bonds is 4. The van der Waals surface area contributed by atoms with E-state index >= 15 is 0 Å². The van der Waals surface area contributed by atoms with E-state index in [1.165, 1.54) is 7.11 Å². The van der Waals surface area contributed by atoms with Gasteiger partial charge in [0.1, 0.15) is 4.88 Å². The van der Waals surface area contributed by atoms with Crippen LogP contribution in [0.15, 0.2) is 36.4 Å². The fourth-order valence-corrected chi connectivity index (χ4v) is 3.48. The Morgan fingerprint density at radius 2 is 1.64 bits per heavy atom. The Labute approximate surface area is 149 Å². The summed E-state index contributed by atoms with van der Waals surface area (Å²) in [6.45, 7) is 1.61. The van der Waals surface area contributed by atoms with Gasteiger partial charge >= 0.3 is 5.97 Å². The lowest BCUT2D eigenvalue weighted by Gasteiger charge is -2.15. The average Bonchev–Trinajstić information content (AvgIpc) is 3.33. The van der Waals surface area contributed by atoms with Gasteiger partial charge in [0.25, 0.3) is 11.8 Å². The summed E-state index contributed by atoms with van der Waals surface area (Å²) in [4.78, 5) is 38.6. The number of carbonyl (C=O) groups is 3. The second-order valence-corrected chi connectivity index (χ2v) is 6.77. The number of likely N-dealkylation sites (tertiary alicyclic amines) is 1. The van der Waals surface area contributed by atoms with Crippen LogP contribution in [0.4, 0.5) is 5.69 Å². The Kier molecular flexibility index (Phi) is 5.14. The molecule has 7 heteroatoms. The number of hydrogen-bond acceptors (Lipinski definition) is 5. The number of nitrogens with one attached hydrogen (secondary N) is 1. The lowest BCUT2D eigenvalue weighted by molar-refractivity contribution is 0.0606. The van der Waals surface area contributed by atoms with Crippen LogP contribution in [0.1, 0.15) is 42.5 Å². The average molecular weight is 358 g/mol. The normalized spacial score (nSPS) is 13.6. The van der Waals surface area contributed by atoms with E-state index in [4.69, 9.17) is 0 Å². The van der Waals surface area contributed by atoms with E-state index in [0.29, 0.717) is 21.0 Å². The molecule has 1 aromatic heterocycles. The molecule has 1 N–H and O–H groups in total. The zero-order valence-corrected chi connectivity index (χ0v) is 14.6. The molecule has 1 aliphatic rings. The SMILES string of the molecule is COC(=O)c1ccc(C(=O)Nc2ccc(C(=O)N3CCCC3)cc2)s1. The number of amides is 2. The molecule has 1 aliphatic heterocycles. The predicted octanol–water partition coefficient (Wildman–Crippen LogP) is 3.02. The second-order valence-electron chi connectivity index (χ2n) is 5.69. The van der Waals surface area contributed by atoms with Gasteiger partial charge in [-0.3, -0.25) is 9.59 Å². The molecule has 1 saturated heterocycles. The lowest BCUT2D eigenvalue weighted by atomic mass is 10.2. The Bertz CT molecular complexity index is 792. The largest absolute Gasteiger partial charge is 0.465 e. The first kappa shape index (κ1) is 17.2. The second kappa shape index (κ2) is 7.48. The summed E-state index contributed by atoms with van der Waals surface area (Å²) >= 11 is 1.07. The van der Waals surface area contributed by atoms with Crippen molar-refractivity contribution < 1.29 is 19.1 Å². The van der Waals surface area contributed by atoms with Crippen molar-refractivity contribution in [1.82, 2.24) is 4.90 Å². The van der Waals surface area contributed by atoms with Gasteiger partial charge in [-0.1, -0.05) is 0 Å². The molecule has 6 nitrogen and oxygen atoms in total. The summed E-state index contributed by atoms with van der Waals surface area (Å²) in [6.07, 6.45) is 2.10. The summed E-state index contributed by atoms with van der Waals surface area (Å²) in [5.74, 6) is -0.746. The quantitative estimate of drug-likeness (QED) is 0.853. The van der Waals surface area contributed by atoms with E-state index < -0.39 is 5.97 Å². The molecule has 2 heterocycles. The van der Waals surface area contributed by atoms with Gasteiger partial charge in [-0.15, -0.1) is 11.3 Å². The first-order valence-corrected chi connectivity index (χ1v) is 8.79. The Balaban J connectivity index is 1.64. The van der Waals surface area contributed by atoms with Crippen molar-refractivity contribution in [3.8, 4) is 0 Å². The van der Waals surface area contributed by atoms with Crippen LogP contribution in [0, 0.1) is 0 Å². The van der Waals surface area contributed by atoms with Gasteiger partial charge in [0.2, 0.25) is 0 Å².